The van der Waals surface area contributed by atoms with Crippen molar-refractivity contribution in [2.45, 2.75) is 32.4 Å². The predicted molar refractivity (Wildman–Crippen MR) is 76.9 cm³/mol. The van der Waals surface area contributed by atoms with Crippen LogP contribution in [0.1, 0.15) is 25.3 Å². The summed E-state index contributed by atoms with van der Waals surface area (Å²) in [4.78, 5) is 38.8. The van der Waals surface area contributed by atoms with Crippen LogP contribution in [0.15, 0.2) is 18.3 Å². The second-order valence-electron chi connectivity index (χ2n) is 4.73. The van der Waals surface area contributed by atoms with Gasteiger partial charge < -0.3 is 15.4 Å². The number of hydrogen-bond donors (Lipinski definition) is 3. The van der Waals surface area contributed by atoms with Crippen LogP contribution in [0, 0.1) is 0 Å². The van der Waals surface area contributed by atoms with E-state index in [1.165, 1.54) is 0 Å². The molecule has 22 heavy (non-hydrogen) atoms. The highest BCUT2D eigenvalue weighted by Crippen LogP contribution is 2.14. The quantitative estimate of drug-likeness (QED) is 0.714. The number of amides is 4. The first-order valence-corrected chi connectivity index (χ1v) is 7.05. The van der Waals surface area contributed by atoms with Crippen molar-refractivity contribution in [1.82, 2.24) is 20.9 Å². The van der Waals surface area contributed by atoms with Crippen LogP contribution in [0.2, 0.25) is 0 Å². The average Bonchev–Trinajstić information content (AvgIpc) is 2.67. The lowest BCUT2D eigenvalue weighted by Gasteiger charge is -2.15. The Morgan fingerprint density at radius 3 is 3.09 bits per heavy atom. The summed E-state index contributed by atoms with van der Waals surface area (Å²) in [5, 5.41) is 7.30. The first-order chi connectivity index (χ1) is 10.6. The SMILES string of the molecule is CCOc1ncccc1CNC(=O)[C@H]1CCC(=O)NC(=O)N1. The van der Waals surface area contributed by atoms with Crippen LogP contribution in [0.5, 0.6) is 5.88 Å². The number of hydrogen-bond acceptors (Lipinski definition) is 5. The summed E-state index contributed by atoms with van der Waals surface area (Å²) in [6.45, 7) is 2.56. The lowest BCUT2D eigenvalue weighted by Crippen LogP contribution is -2.48. The average molecular weight is 306 g/mol. The first-order valence-electron chi connectivity index (χ1n) is 7.05. The molecule has 0 spiro atoms. The Morgan fingerprint density at radius 2 is 2.32 bits per heavy atom. The fraction of sp³-hybridized carbons (Fsp3) is 0.429. The third-order valence-electron chi connectivity index (χ3n) is 3.12. The number of urea groups is 1. The molecule has 2 heterocycles. The zero-order valence-electron chi connectivity index (χ0n) is 12.2. The summed E-state index contributed by atoms with van der Waals surface area (Å²) in [5.41, 5.74) is 0.742. The van der Waals surface area contributed by atoms with Gasteiger partial charge in [0.15, 0.2) is 0 Å². The van der Waals surface area contributed by atoms with Gasteiger partial charge in [0, 0.05) is 24.7 Å². The molecule has 8 heteroatoms. The zero-order valence-corrected chi connectivity index (χ0v) is 12.2. The van der Waals surface area contributed by atoms with Gasteiger partial charge in [0.05, 0.1) is 6.61 Å². The van der Waals surface area contributed by atoms with Crippen LogP contribution in [-0.4, -0.2) is 35.5 Å². The highest BCUT2D eigenvalue weighted by molar-refractivity contribution is 5.98. The molecule has 1 saturated heterocycles. The second kappa shape index (κ2) is 7.39. The summed E-state index contributed by atoms with van der Waals surface area (Å²) in [5.74, 6) is -0.276. The number of pyridine rings is 1. The molecule has 0 aliphatic carbocycles. The molecule has 3 N–H and O–H groups in total. The maximum Gasteiger partial charge on any atom is 0.322 e. The molecule has 0 aromatic carbocycles. The van der Waals surface area contributed by atoms with Crippen molar-refractivity contribution in [1.29, 1.82) is 0 Å². The summed E-state index contributed by atoms with van der Waals surface area (Å²) in [6.07, 6.45) is 1.99. The molecular weight excluding hydrogens is 288 g/mol. The molecular formula is C14H18N4O4. The minimum absolute atomic E-state index is 0.119. The van der Waals surface area contributed by atoms with Gasteiger partial charge >= 0.3 is 6.03 Å². The monoisotopic (exact) mass is 306 g/mol. The Morgan fingerprint density at radius 1 is 1.50 bits per heavy atom. The third kappa shape index (κ3) is 4.18. The van der Waals surface area contributed by atoms with Gasteiger partial charge in [0.2, 0.25) is 17.7 Å². The van der Waals surface area contributed by atoms with E-state index in [1.54, 1.807) is 18.3 Å². The normalized spacial score (nSPS) is 18.0. The number of ether oxygens (including phenoxy) is 1. The van der Waals surface area contributed by atoms with Crippen molar-refractivity contribution < 1.29 is 19.1 Å². The minimum atomic E-state index is -0.737. The van der Waals surface area contributed by atoms with Crippen LogP contribution in [0.25, 0.3) is 0 Å². The van der Waals surface area contributed by atoms with Gasteiger partial charge in [-0.05, 0) is 19.4 Å². The maximum absolute atomic E-state index is 12.1. The van der Waals surface area contributed by atoms with E-state index in [2.05, 4.69) is 20.9 Å². The summed E-state index contributed by atoms with van der Waals surface area (Å²) < 4.78 is 5.38. The van der Waals surface area contributed by atoms with E-state index < -0.39 is 18.0 Å². The largest absolute Gasteiger partial charge is 0.478 e. The Hall–Kier alpha value is -2.64. The fourth-order valence-electron chi connectivity index (χ4n) is 2.06. The number of rotatable bonds is 5. The van der Waals surface area contributed by atoms with Crippen molar-refractivity contribution >= 4 is 17.8 Å². The van der Waals surface area contributed by atoms with E-state index in [4.69, 9.17) is 4.74 Å². The third-order valence-corrected chi connectivity index (χ3v) is 3.12. The van der Waals surface area contributed by atoms with Crippen LogP contribution in [0.3, 0.4) is 0 Å². The fourth-order valence-corrected chi connectivity index (χ4v) is 2.06. The van der Waals surface area contributed by atoms with Crippen LogP contribution in [-0.2, 0) is 16.1 Å². The highest BCUT2D eigenvalue weighted by Gasteiger charge is 2.25. The molecule has 4 amide bonds. The summed E-state index contributed by atoms with van der Waals surface area (Å²) >= 11 is 0. The molecule has 0 unspecified atom stereocenters. The molecule has 118 valence electrons. The zero-order chi connectivity index (χ0) is 15.9. The molecule has 0 saturated carbocycles. The molecule has 0 radical (unpaired) electrons. The Bertz CT molecular complexity index is 576. The van der Waals surface area contributed by atoms with Gasteiger partial charge in [-0.3, -0.25) is 14.9 Å². The standard InChI is InChI=1S/C14H18N4O4/c1-2-22-13-9(4-3-7-15-13)8-16-12(20)10-5-6-11(19)18-14(21)17-10/h3-4,7,10H,2,5-6,8H2,1H3,(H,16,20)(H2,17,18,19,21)/t10-/m1/s1. The van der Waals surface area contributed by atoms with Crippen LogP contribution in [0.4, 0.5) is 4.79 Å². The van der Waals surface area contributed by atoms with Crippen LogP contribution >= 0.6 is 0 Å². The number of carbonyl (C=O) groups excluding carboxylic acids is 3. The van der Waals surface area contributed by atoms with E-state index in [0.29, 0.717) is 12.5 Å². The van der Waals surface area contributed by atoms with E-state index in [-0.39, 0.29) is 25.3 Å². The molecule has 1 aromatic rings. The van der Waals surface area contributed by atoms with Gasteiger partial charge in [0.1, 0.15) is 6.04 Å². The van der Waals surface area contributed by atoms with E-state index in [9.17, 15) is 14.4 Å². The lowest BCUT2D eigenvalue weighted by molar-refractivity contribution is -0.123. The number of nitrogens with zero attached hydrogens (tertiary/aromatic N) is 1. The molecule has 2 rings (SSSR count). The maximum atomic E-state index is 12.1. The Labute approximate surface area is 127 Å². The van der Waals surface area contributed by atoms with E-state index in [1.807, 2.05) is 6.92 Å². The number of aromatic nitrogens is 1. The van der Waals surface area contributed by atoms with Gasteiger partial charge in [-0.25, -0.2) is 9.78 Å². The van der Waals surface area contributed by atoms with Gasteiger partial charge in [-0.2, -0.15) is 0 Å². The lowest BCUT2D eigenvalue weighted by atomic mass is 10.1. The second-order valence-corrected chi connectivity index (χ2v) is 4.73. The molecule has 8 nitrogen and oxygen atoms in total. The minimum Gasteiger partial charge on any atom is -0.478 e. The predicted octanol–water partition coefficient (Wildman–Crippen LogP) is 0.0847. The topological polar surface area (TPSA) is 109 Å². The molecule has 1 atom stereocenters. The first kappa shape index (κ1) is 15.7. The van der Waals surface area contributed by atoms with Crippen molar-refractivity contribution in [3.05, 3.63) is 23.9 Å². The molecule has 1 aliphatic heterocycles. The summed E-state index contributed by atoms with van der Waals surface area (Å²) in [6, 6.07) is 2.16. The van der Waals surface area contributed by atoms with Crippen molar-refractivity contribution in [2.75, 3.05) is 6.61 Å². The molecule has 1 aliphatic rings. The van der Waals surface area contributed by atoms with Crippen molar-refractivity contribution in [2.24, 2.45) is 0 Å². The molecule has 1 aromatic heterocycles. The van der Waals surface area contributed by atoms with Gasteiger partial charge in [-0.15, -0.1) is 0 Å². The highest BCUT2D eigenvalue weighted by atomic mass is 16.5. The number of nitrogens with one attached hydrogen (secondary N) is 3. The Balaban J connectivity index is 1.95. The summed E-state index contributed by atoms with van der Waals surface area (Å²) in [7, 11) is 0. The van der Waals surface area contributed by atoms with Crippen molar-refractivity contribution in [3.63, 3.8) is 0 Å². The molecule has 0 bridgehead atoms. The number of carbonyl (C=O) groups is 3. The Kier molecular flexibility index (Phi) is 5.29. The smallest absolute Gasteiger partial charge is 0.322 e. The number of imide groups is 1. The van der Waals surface area contributed by atoms with Crippen molar-refractivity contribution in [3.8, 4) is 5.88 Å². The van der Waals surface area contributed by atoms with Gasteiger partial charge in [0.25, 0.3) is 0 Å². The van der Waals surface area contributed by atoms with E-state index in [0.717, 1.165) is 5.56 Å². The molecule has 1 fully saturated rings. The van der Waals surface area contributed by atoms with E-state index >= 15 is 0 Å². The van der Waals surface area contributed by atoms with Crippen LogP contribution < -0.4 is 20.7 Å². The van der Waals surface area contributed by atoms with Gasteiger partial charge in [-0.1, -0.05) is 6.07 Å².